The van der Waals surface area contributed by atoms with Crippen molar-refractivity contribution in [3.05, 3.63) is 95.8 Å². The van der Waals surface area contributed by atoms with Crippen LogP contribution in [0, 0.1) is 0 Å². The zero-order valence-electron chi connectivity index (χ0n) is 32.0. The minimum Gasteiger partial charge on any atom is -0.493 e. The summed E-state index contributed by atoms with van der Waals surface area (Å²) in [5, 5.41) is 74.2. The maximum absolute atomic E-state index is 11.0. The SMILES string of the molecule is CCn1c(CN)[n+](CC)c2cc(OCCCN(C[C@H](O)CC[C@H](O)COC(O)c3ccccc3)C[C@H](O)[C@@H](O)C[C@H](O)COC(O)c3ccccc3)ccc21. The fourth-order valence-electron chi connectivity index (χ4n) is 6.70. The number of aliphatic hydroxyl groups is 7. The summed E-state index contributed by atoms with van der Waals surface area (Å²) in [5.74, 6) is 1.75. The highest BCUT2D eigenvalue weighted by atomic mass is 16.6. The zero-order chi connectivity index (χ0) is 39.7. The molecule has 2 unspecified atom stereocenters. The van der Waals surface area contributed by atoms with Crippen LogP contribution >= 0.6 is 0 Å². The monoisotopic (exact) mass is 769 g/mol. The molecule has 0 bridgehead atoms. The van der Waals surface area contributed by atoms with Gasteiger partial charge in [0.1, 0.15) is 5.75 Å². The number of aryl methyl sites for hydroxylation is 2. The fraction of sp³-hybridized carbons (Fsp3) is 0.537. The molecular weight excluding hydrogens is 708 g/mol. The maximum Gasteiger partial charge on any atom is 0.271 e. The molecule has 14 nitrogen and oxygen atoms in total. The van der Waals surface area contributed by atoms with Crippen molar-refractivity contribution < 1.29 is 54.5 Å². The Morgan fingerprint density at radius 2 is 1.33 bits per heavy atom. The predicted octanol–water partition coefficient (Wildman–Crippen LogP) is 1.89. The van der Waals surface area contributed by atoms with Crippen molar-refractivity contribution >= 4 is 11.0 Å². The lowest BCUT2D eigenvalue weighted by Crippen LogP contribution is -2.44. The van der Waals surface area contributed by atoms with E-state index in [1.54, 1.807) is 48.5 Å². The van der Waals surface area contributed by atoms with Crippen molar-refractivity contribution in [3.8, 4) is 5.75 Å². The van der Waals surface area contributed by atoms with E-state index in [2.05, 4.69) is 23.0 Å². The lowest BCUT2D eigenvalue weighted by molar-refractivity contribution is -0.676. The molecule has 0 spiro atoms. The Balaban J connectivity index is 1.31. The number of rotatable bonds is 26. The van der Waals surface area contributed by atoms with Crippen molar-refractivity contribution in [1.29, 1.82) is 0 Å². The molecule has 4 aromatic rings. The molecule has 9 N–H and O–H groups in total. The number of ether oxygens (including phenoxy) is 3. The Hall–Kier alpha value is -3.51. The van der Waals surface area contributed by atoms with E-state index in [4.69, 9.17) is 19.9 Å². The molecule has 0 aliphatic rings. The van der Waals surface area contributed by atoms with Crippen LogP contribution < -0.4 is 15.0 Å². The van der Waals surface area contributed by atoms with Crippen LogP contribution in [0.15, 0.2) is 78.9 Å². The lowest BCUT2D eigenvalue weighted by atomic mass is 10.1. The minimum absolute atomic E-state index is 0.0117. The molecule has 3 aromatic carbocycles. The molecule has 0 radical (unpaired) electrons. The van der Waals surface area contributed by atoms with Crippen molar-refractivity contribution in [1.82, 2.24) is 9.47 Å². The van der Waals surface area contributed by atoms with Gasteiger partial charge in [0.25, 0.3) is 5.82 Å². The van der Waals surface area contributed by atoms with Crippen molar-refractivity contribution in [2.24, 2.45) is 5.73 Å². The van der Waals surface area contributed by atoms with E-state index in [1.807, 2.05) is 35.2 Å². The number of aliphatic hydroxyl groups excluding tert-OH is 7. The van der Waals surface area contributed by atoms with Gasteiger partial charge in [-0.15, -0.1) is 0 Å². The van der Waals surface area contributed by atoms with Crippen LogP contribution in [0.3, 0.4) is 0 Å². The van der Waals surface area contributed by atoms with Crippen LogP contribution in [0.2, 0.25) is 0 Å². The van der Waals surface area contributed by atoms with Crippen molar-refractivity contribution in [2.75, 3.05) is 39.5 Å². The first-order valence-corrected chi connectivity index (χ1v) is 19.2. The Morgan fingerprint density at radius 1 is 0.727 bits per heavy atom. The third kappa shape index (κ3) is 13.6. The van der Waals surface area contributed by atoms with Gasteiger partial charge in [-0.2, -0.15) is 0 Å². The summed E-state index contributed by atoms with van der Waals surface area (Å²) in [6.45, 7) is 6.66. The highest BCUT2D eigenvalue weighted by Gasteiger charge is 2.26. The van der Waals surface area contributed by atoms with Gasteiger partial charge in [-0.1, -0.05) is 60.7 Å². The van der Waals surface area contributed by atoms with E-state index in [0.717, 1.165) is 29.9 Å². The van der Waals surface area contributed by atoms with Crippen LogP contribution in [-0.2, 0) is 29.1 Å². The summed E-state index contributed by atoms with van der Waals surface area (Å²) in [4.78, 5) is 1.81. The van der Waals surface area contributed by atoms with E-state index in [-0.39, 0.29) is 45.6 Å². The molecule has 0 fully saturated rings. The molecule has 0 saturated heterocycles. The molecular formula is C41H61N4O10+. The first-order chi connectivity index (χ1) is 26.5. The number of nitrogens with zero attached hydrogens (tertiary/aromatic N) is 3. The van der Waals surface area contributed by atoms with E-state index in [9.17, 15) is 35.7 Å². The quantitative estimate of drug-likeness (QED) is 0.0262. The van der Waals surface area contributed by atoms with Gasteiger partial charge >= 0.3 is 0 Å². The van der Waals surface area contributed by atoms with E-state index < -0.39 is 43.1 Å². The number of aromatic nitrogens is 2. The molecule has 55 heavy (non-hydrogen) atoms. The largest absolute Gasteiger partial charge is 0.493 e. The zero-order valence-corrected chi connectivity index (χ0v) is 32.0. The Morgan fingerprint density at radius 3 is 1.91 bits per heavy atom. The van der Waals surface area contributed by atoms with Gasteiger partial charge in [0.2, 0.25) is 0 Å². The Labute approximate surface area is 323 Å². The van der Waals surface area contributed by atoms with Crippen LogP contribution in [0.1, 0.15) is 69.1 Å². The average molecular weight is 770 g/mol. The standard InChI is InChI=1S/C41H61N4O10/c1-3-44-35-19-18-34(23-36(35)45(4-2)39(44)24-42)53-21-11-20-43(25-31(46)16-17-32(47)27-54-40(51)29-12-7-5-8-13-29)26-38(50)37(49)22-33(48)28-55-41(52)30-14-9-6-10-15-30/h5-10,12-15,18-19,23,31-33,37-38,40-41,46-52H,3-4,11,16-17,20-22,24-28,42H2,1-2H3/q+1/t31-,32+,33+,37+,38+,40?,41?/m1/s1. The highest BCUT2D eigenvalue weighted by molar-refractivity contribution is 5.74. The van der Waals surface area contributed by atoms with E-state index >= 15 is 0 Å². The Kier molecular flexibility index (Phi) is 18.4. The molecule has 14 heteroatoms. The third-order valence-corrected chi connectivity index (χ3v) is 9.62. The second-order valence-corrected chi connectivity index (χ2v) is 13.8. The third-order valence-electron chi connectivity index (χ3n) is 9.62. The molecule has 1 heterocycles. The molecule has 0 aliphatic heterocycles. The number of nitrogens with two attached hydrogens (primary N) is 1. The van der Waals surface area contributed by atoms with Gasteiger partial charge in [0, 0.05) is 43.2 Å². The maximum atomic E-state index is 11.0. The summed E-state index contributed by atoms with van der Waals surface area (Å²) in [6.07, 6.45) is -7.22. The summed E-state index contributed by atoms with van der Waals surface area (Å²) in [5.41, 5.74) is 9.30. The van der Waals surface area contributed by atoms with Gasteiger partial charge < -0.3 is 55.7 Å². The van der Waals surface area contributed by atoms with Crippen molar-refractivity contribution in [3.63, 3.8) is 0 Å². The summed E-state index contributed by atoms with van der Waals surface area (Å²) >= 11 is 0. The number of hydrogen-bond acceptors (Lipinski definition) is 12. The van der Waals surface area contributed by atoms with E-state index in [0.29, 0.717) is 43.0 Å². The number of hydrogen-bond donors (Lipinski definition) is 8. The van der Waals surface area contributed by atoms with Gasteiger partial charge in [-0.05, 0) is 45.2 Å². The normalized spacial score (nSPS) is 15.8. The molecule has 304 valence electrons. The van der Waals surface area contributed by atoms with Gasteiger partial charge in [0.15, 0.2) is 23.6 Å². The van der Waals surface area contributed by atoms with Gasteiger partial charge in [-0.25, -0.2) is 9.13 Å². The predicted molar refractivity (Wildman–Crippen MR) is 207 cm³/mol. The highest BCUT2D eigenvalue weighted by Crippen LogP contribution is 2.22. The summed E-state index contributed by atoms with van der Waals surface area (Å²) < 4.78 is 21.3. The van der Waals surface area contributed by atoms with Gasteiger partial charge in [-0.3, -0.25) is 4.90 Å². The smallest absolute Gasteiger partial charge is 0.271 e. The first kappa shape index (κ1) is 44.2. The lowest BCUT2D eigenvalue weighted by Gasteiger charge is -2.30. The molecule has 0 amide bonds. The number of fused-ring (bicyclic) bond motifs is 1. The van der Waals surface area contributed by atoms with Crippen molar-refractivity contribution in [2.45, 2.75) is 102 Å². The van der Waals surface area contributed by atoms with Crippen LogP contribution in [0.25, 0.3) is 11.0 Å². The second-order valence-electron chi connectivity index (χ2n) is 13.8. The van der Waals surface area contributed by atoms with Crippen LogP contribution in [0.4, 0.5) is 0 Å². The summed E-state index contributed by atoms with van der Waals surface area (Å²) in [7, 11) is 0. The van der Waals surface area contributed by atoms with E-state index in [1.165, 1.54) is 0 Å². The minimum atomic E-state index is -1.32. The summed E-state index contributed by atoms with van der Waals surface area (Å²) in [6, 6.07) is 23.5. The molecule has 7 atom stereocenters. The van der Waals surface area contributed by atoms with Crippen LogP contribution in [-0.4, -0.2) is 115 Å². The molecule has 4 rings (SSSR count). The number of imidazole rings is 1. The fourth-order valence-corrected chi connectivity index (χ4v) is 6.70. The number of benzene rings is 3. The second kappa shape index (κ2) is 22.9. The molecule has 0 aliphatic carbocycles. The average Bonchev–Trinajstić information content (AvgIpc) is 3.52. The van der Waals surface area contributed by atoms with Crippen LogP contribution in [0.5, 0.6) is 5.75 Å². The topological polar surface area (TPSA) is 207 Å². The molecule has 0 saturated carbocycles. The first-order valence-electron chi connectivity index (χ1n) is 19.2. The van der Waals surface area contributed by atoms with Gasteiger partial charge in [0.05, 0.1) is 70.0 Å². The Bertz CT molecular complexity index is 1660. The molecule has 1 aromatic heterocycles.